The molecule has 524 valence electrons. The number of fused-ring (bicyclic) bond motifs is 14. The molecular weight excluding hydrogens is 1370 g/mol. The molecule has 0 aliphatic carbocycles. The summed E-state index contributed by atoms with van der Waals surface area (Å²) in [5, 5.41) is 8.55. The van der Waals surface area contributed by atoms with E-state index in [1.165, 1.54) is 0 Å². The Bertz CT molecular complexity index is 7090. The first kappa shape index (κ1) is 65.1. The van der Waals surface area contributed by atoms with Gasteiger partial charge in [-0.1, -0.05) is 346 Å². The molecule has 10 nitrogen and oxygen atoms in total. The predicted molar refractivity (Wildman–Crippen MR) is 457 cm³/mol. The Hall–Kier alpha value is -15.3. The molecule has 0 amide bonds. The van der Waals surface area contributed by atoms with Crippen LogP contribution >= 0.6 is 0 Å². The quantitative estimate of drug-likeness (QED) is 0.119. The number of para-hydroxylation sites is 2. The van der Waals surface area contributed by atoms with Crippen LogP contribution in [0.25, 0.3) is 212 Å². The Kier molecular flexibility index (Phi) is 16.0. The third kappa shape index (κ3) is 11.6. The van der Waals surface area contributed by atoms with Crippen LogP contribution in [-0.4, -0.2) is 39.0 Å². The van der Waals surface area contributed by atoms with Crippen LogP contribution in [0.1, 0.15) is 0 Å². The predicted octanol–water partition coefficient (Wildman–Crippen LogP) is 26.4. The summed E-state index contributed by atoms with van der Waals surface area (Å²) in [6.07, 6.45) is 0. The van der Waals surface area contributed by atoms with Gasteiger partial charge < -0.3 is 8.83 Å². The van der Waals surface area contributed by atoms with Gasteiger partial charge in [-0.15, -0.1) is 0 Å². The summed E-state index contributed by atoms with van der Waals surface area (Å²) in [5.74, 6) is 3.38. The van der Waals surface area contributed by atoms with E-state index in [9.17, 15) is 0 Å². The normalized spacial score (nSPS) is 11.6. The van der Waals surface area contributed by atoms with E-state index in [-0.39, 0.29) is 0 Å². The first-order valence-corrected chi connectivity index (χ1v) is 37.5. The minimum atomic E-state index is 0.516. The zero-order valence-electron chi connectivity index (χ0n) is 60.3. The molecule has 22 rings (SSSR count). The topological polar surface area (TPSA) is 113 Å². The van der Waals surface area contributed by atoms with Gasteiger partial charge in [-0.3, -0.25) is 9.13 Å². The number of benzene rings is 16. The lowest BCUT2D eigenvalue weighted by Crippen LogP contribution is -2.06. The van der Waals surface area contributed by atoms with Crippen molar-refractivity contribution in [2.24, 2.45) is 0 Å². The Balaban J connectivity index is 0.000000141. The van der Waals surface area contributed by atoms with Crippen LogP contribution in [-0.2, 0) is 0 Å². The summed E-state index contributed by atoms with van der Waals surface area (Å²) in [4.78, 5) is 31.5. The Morgan fingerprint density at radius 2 is 0.491 bits per heavy atom. The highest BCUT2D eigenvalue weighted by atomic mass is 16.3. The number of furan rings is 2. The number of aromatic nitrogens is 8. The van der Waals surface area contributed by atoms with Gasteiger partial charge in [0, 0.05) is 65.3 Å². The van der Waals surface area contributed by atoms with E-state index in [4.69, 9.17) is 38.7 Å². The maximum absolute atomic E-state index is 6.75. The van der Waals surface area contributed by atoms with Gasteiger partial charge >= 0.3 is 0 Å². The zero-order valence-corrected chi connectivity index (χ0v) is 60.3. The molecule has 0 bridgehead atoms. The molecule has 0 spiro atoms. The van der Waals surface area contributed by atoms with Gasteiger partial charge in [0.15, 0.2) is 34.5 Å². The molecule has 6 aromatic heterocycles. The number of rotatable bonds is 12. The summed E-state index contributed by atoms with van der Waals surface area (Å²) in [6.45, 7) is 0. The molecule has 0 radical (unpaired) electrons. The molecule has 16 aromatic carbocycles. The first-order chi connectivity index (χ1) is 55.5. The molecule has 6 heterocycles. The van der Waals surface area contributed by atoms with Crippen LogP contribution in [0.4, 0.5) is 0 Å². The number of nitrogens with zero attached hydrogens (tertiary/aromatic N) is 8. The standard InChI is InChI=1S/2C51H32N4O/c1-4-13-33(14-5-1)35-23-27-38(28-24-35)49-52-50(39-29-25-36(26-30-39)34-15-6-2-7-16-34)54-51(53-49)55-44-21-12-20-40(37-17-8-3-9-18-37)46(44)43-32-31-42-41-19-10-11-22-45(41)56-48(42)47(43)55;1-4-12-33(13-5-1)36-20-24-38(25-21-36)49-52-50(39-26-22-37(23-27-39)34-14-6-2-7-15-34)54-51(53-49)55-45-31-28-40(35-16-8-3-9-17-35)32-44(45)42-29-30-43-41-18-10-11-19-46(41)56-48(43)47(42)55/h2*1-32H. The van der Waals surface area contributed by atoms with Gasteiger partial charge in [-0.05, 0) is 109 Å². The van der Waals surface area contributed by atoms with Crippen molar-refractivity contribution in [2.45, 2.75) is 0 Å². The Morgan fingerprint density at radius 3 is 0.893 bits per heavy atom. The molecule has 0 fully saturated rings. The van der Waals surface area contributed by atoms with E-state index in [0.717, 1.165) is 177 Å². The lowest BCUT2D eigenvalue weighted by Gasteiger charge is -2.12. The van der Waals surface area contributed by atoms with Crippen molar-refractivity contribution in [2.75, 3.05) is 0 Å². The fourth-order valence-corrected chi connectivity index (χ4v) is 15.9. The summed E-state index contributed by atoms with van der Waals surface area (Å²) in [7, 11) is 0. The highest BCUT2D eigenvalue weighted by molar-refractivity contribution is 6.25. The van der Waals surface area contributed by atoms with Crippen molar-refractivity contribution in [3.8, 4) is 124 Å². The largest absolute Gasteiger partial charge is 0.454 e. The second kappa shape index (κ2) is 27.5. The van der Waals surface area contributed by atoms with Crippen molar-refractivity contribution >= 4 is 87.5 Å². The van der Waals surface area contributed by atoms with E-state index in [1.54, 1.807) is 0 Å². The first-order valence-electron chi connectivity index (χ1n) is 37.5. The van der Waals surface area contributed by atoms with Crippen molar-refractivity contribution < 1.29 is 8.83 Å². The Labute approximate surface area is 643 Å². The molecule has 0 atom stereocenters. The highest BCUT2D eigenvalue weighted by Gasteiger charge is 2.27. The molecule has 0 saturated carbocycles. The summed E-state index contributed by atoms with van der Waals surface area (Å²) < 4.78 is 17.8. The maximum atomic E-state index is 6.75. The van der Waals surface area contributed by atoms with E-state index < -0.39 is 0 Å². The highest BCUT2D eigenvalue weighted by Crippen LogP contribution is 2.46. The van der Waals surface area contributed by atoms with Crippen LogP contribution in [0, 0.1) is 0 Å². The average Bonchev–Trinajstić information content (AvgIpc) is 1.52. The smallest absolute Gasteiger partial charge is 0.238 e. The van der Waals surface area contributed by atoms with Gasteiger partial charge in [-0.25, -0.2) is 9.97 Å². The van der Waals surface area contributed by atoms with Crippen LogP contribution in [0.5, 0.6) is 0 Å². The van der Waals surface area contributed by atoms with Crippen molar-refractivity contribution in [1.82, 2.24) is 39.0 Å². The molecule has 10 heteroatoms. The summed E-state index contributed by atoms with van der Waals surface area (Å²) >= 11 is 0. The molecule has 22 aromatic rings. The van der Waals surface area contributed by atoms with Crippen LogP contribution in [0.3, 0.4) is 0 Å². The second-order valence-corrected chi connectivity index (χ2v) is 28.0. The van der Waals surface area contributed by atoms with E-state index >= 15 is 0 Å². The van der Waals surface area contributed by atoms with Crippen molar-refractivity contribution in [1.29, 1.82) is 0 Å². The lowest BCUT2D eigenvalue weighted by molar-refractivity contribution is 0.670. The third-order valence-corrected chi connectivity index (χ3v) is 21.4. The van der Waals surface area contributed by atoms with Crippen molar-refractivity contribution in [3.63, 3.8) is 0 Å². The van der Waals surface area contributed by atoms with Crippen LogP contribution in [0.2, 0.25) is 0 Å². The molecule has 112 heavy (non-hydrogen) atoms. The van der Waals surface area contributed by atoms with Gasteiger partial charge in [0.1, 0.15) is 22.2 Å². The monoisotopic (exact) mass is 1430 g/mol. The molecule has 0 saturated heterocycles. The fraction of sp³-hybridized carbons (Fsp3) is 0. The van der Waals surface area contributed by atoms with Gasteiger partial charge in [0.2, 0.25) is 11.9 Å². The minimum absolute atomic E-state index is 0.516. The molecule has 0 aliphatic heterocycles. The number of hydrogen-bond acceptors (Lipinski definition) is 8. The molecule has 0 N–H and O–H groups in total. The summed E-state index contributed by atoms with van der Waals surface area (Å²) in [6, 6.07) is 135. The molecule has 0 aliphatic rings. The fourth-order valence-electron chi connectivity index (χ4n) is 15.9. The average molecular weight is 1430 g/mol. The van der Waals surface area contributed by atoms with E-state index in [0.29, 0.717) is 35.2 Å². The Morgan fingerprint density at radius 1 is 0.188 bits per heavy atom. The van der Waals surface area contributed by atoms with Crippen LogP contribution in [0.15, 0.2) is 397 Å². The lowest BCUT2D eigenvalue weighted by atomic mass is 9.99. The molecule has 0 unspecified atom stereocenters. The van der Waals surface area contributed by atoms with E-state index in [2.05, 4.69) is 343 Å². The zero-order chi connectivity index (χ0) is 74.0. The maximum Gasteiger partial charge on any atom is 0.238 e. The van der Waals surface area contributed by atoms with Gasteiger partial charge in [0.25, 0.3) is 0 Å². The minimum Gasteiger partial charge on any atom is -0.454 e. The van der Waals surface area contributed by atoms with E-state index in [1.807, 2.05) is 54.6 Å². The number of hydrogen-bond donors (Lipinski definition) is 0. The third-order valence-electron chi connectivity index (χ3n) is 21.4. The van der Waals surface area contributed by atoms with Gasteiger partial charge in [0.05, 0.1) is 11.0 Å². The van der Waals surface area contributed by atoms with Crippen LogP contribution < -0.4 is 0 Å². The van der Waals surface area contributed by atoms with Gasteiger partial charge in [-0.2, -0.15) is 19.9 Å². The summed E-state index contributed by atoms with van der Waals surface area (Å²) in [5.41, 5.74) is 24.4. The second-order valence-electron chi connectivity index (χ2n) is 28.0. The SMILES string of the molecule is c1ccc(-c2ccc(-c3nc(-c4ccc(-c5ccccc5)cc4)nc(-n4c5ccc(-c6ccccc6)cc5c5ccc6c7ccccc7oc6c54)n3)cc2)cc1.c1ccc(-c2ccc(-c3nc(-c4ccc(-c5ccccc5)cc4)nc(-n4c5cccc(-c6ccccc6)c5c5ccc6c7ccccc7oc6c54)n3)cc2)cc1. The van der Waals surface area contributed by atoms with Crippen molar-refractivity contribution in [3.05, 3.63) is 388 Å². The molecular formula is C102H64N8O2.